The SMILES string of the molecule is CSC(=Nc1ccccc1Sc1ncnc2scc(C)c12)NC#N. The third kappa shape index (κ3) is 3.53. The first-order chi connectivity index (χ1) is 11.7. The summed E-state index contributed by atoms with van der Waals surface area (Å²) in [5, 5.41) is 16.1. The highest BCUT2D eigenvalue weighted by molar-refractivity contribution is 8.13. The van der Waals surface area contributed by atoms with Gasteiger partial charge in [0, 0.05) is 10.3 Å². The summed E-state index contributed by atoms with van der Waals surface area (Å²) in [6.45, 7) is 2.07. The standard InChI is InChI=1S/C16H13N5S3/c1-10-7-23-14-13(10)15(20-9-19-14)24-12-6-4-3-5-11(12)21-16(22-2)18-8-17/h3-7,9H,1-2H3,(H,18,21). The van der Waals surface area contributed by atoms with Crippen LogP contribution >= 0.6 is 34.9 Å². The van der Waals surface area contributed by atoms with E-state index in [1.54, 1.807) is 29.4 Å². The van der Waals surface area contributed by atoms with Crippen LogP contribution in [0.2, 0.25) is 0 Å². The predicted octanol–water partition coefficient (Wildman–Crippen LogP) is 4.57. The Balaban J connectivity index is 2.02. The van der Waals surface area contributed by atoms with E-state index in [0.717, 1.165) is 25.8 Å². The first-order valence-electron chi connectivity index (χ1n) is 6.96. The molecule has 3 rings (SSSR count). The zero-order valence-corrected chi connectivity index (χ0v) is 15.4. The van der Waals surface area contributed by atoms with Crippen LogP contribution in [0.5, 0.6) is 0 Å². The maximum atomic E-state index is 8.80. The molecule has 0 spiro atoms. The second-order valence-corrected chi connectivity index (χ2v) is 7.39. The summed E-state index contributed by atoms with van der Waals surface area (Å²) in [6, 6.07) is 7.83. The third-order valence-electron chi connectivity index (χ3n) is 3.17. The van der Waals surface area contributed by atoms with Crippen molar-refractivity contribution in [2.75, 3.05) is 6.26 Å². The maximum absolute atomic E-state index is 8.80. The lowest BCUT2D eigenvalue weighted by Crippen LogP contribution is -2.12. The normalized spacial score (nSPS) is 11.5. The highest BCUT2D eigenvalue weighted by Gasteiger charge is 2.12. The first kappa shape index (κ1) is 16.8. The minimum Gasteiger partial charge on any atom is -0.271 e. The van der Waals surface area contributed by atoms with Gasteiger partial charge in [-0.3, -0.25) is 5.32 Å². The zero-order chi connectivity index (χ0) is 16.9. The highest BCUT2D eigenvalue weighted by Crippen LogP contribution is 2.39. The van der Waals surface area contributed by atoms with Crippen LogP contribution in [0.3, 0.4) is 0 Å². The number of hydrogen-bond donors (Lipinski definition) is 1. The molecular formula is C16H13N5S3. The number of benzene rings is 1. The third-order valence-corrected chi connectivity index (χ3v) is 5.82. The van der Waals surface area contributed by atoms with E-state index in [4.69, 9.17) is 5.26 Å². The van der Waals surface area contributed by atoms with Gasteiger partial charge in [0.25, 0.3) is 0 Å². The van der Waals surface area contributed by atoms with Gasteiger partial charge in [-0.05, 0) is 36.3 Å². The largest absolute Gasteiger partial charge is 0.271 e. The number of thioether (sulfide) groups is 1. The molecule has 0 aliphatic rings. The van der Waals surface area contributed by atoms with Gasteiger partial charge >= 0.3 is 0 Å². The Morgan fingerprint density at radius 1 is 1.33 bits per heavy atom. The average Bonchev–Trinajstić information content (AvgIpc) is 2.98. The number of fused-ring (bicyclic) bond motifs is 1. The van der Waals surface area contributed by atoms with Crippen molar-refractivity contribution in [3.05, 3.63) is 41.5 Å². The number of para-hydroxylation sites is 1. The molecule has 2 heterocycles. The van der Waals surface area contributed by atoms with E-state index in [0.29, 0.717) is 5.17 Å². The van der Waals surface area contributed by atoms with Crippen molar-refractivity contribution in [2.24, 2.45) is 4.99 Å². The Kier molecular flexibility index (Phi) is 5.35. The van der Waals surface area contributed by atoms with Crippen LogP contribution in [0.15, 0.2) is 50.9 Å². The van der Waals surface area contributed by atoms with E-state index in [9.17, 15) is 0 Å². The lowest BCUT2D eigenvalue weighted by Gasteiger charge is -2.07. The molecule has 1 aromatic carbocycles. The molecule has 0 saturated heterocycles. The van der Waals surface area contributed by atoms with Gasteiger partial charge in [-0.25, -0.2) is 15.0 Å². The molecule has 0 amide bonds. The summed E-state index contributed by atoms with van der Waals surface area (Å²) >= 11 is 4.58. The number of rotatable bonds is 3. The zero-order valence-electron chi connectivity index (χ0n) is 13.0. The lowest BCUT2D eigenvalue weighted by atomic mass is 10.3. The van der Waals surface area contributed by atoms with Gasteiger partial charge in [0.2, 0.25) is 0 Å². The Hall–Kier alpha value is -2.08. The fourth-order valence-corrected chi connectivity index (χ4v) is 4.41. The van der Waals surface area contributed by atoms with E-state index in [-0.39, 0.29) is 0 Å². The molecule has 5 nitrogen and oxygen atoms in total. The molecule has 1 N–H and O–H groups in total. The van der Waals surface area contributed by atoms with E-state index >= 15 is 0 Å². The fraction of sp³-hybridized carbons (Fsp3) is 0.125. The summed E-state index contributed by atoms with van der Waals surface area (Å²) < 4.78 is 0. The topological polar surface area (TPSA) is 74.0 Å². The number of nitrogens with zero attached hydrogens (tertiary/aromatic N) is 4. The Morgan fingerprint density at radius 3 is 2.96 bits per heavy atom. The molecule has 0 aliphatic carbocycles. The molecule has 3 aromatic rings. The second kappa shape index (κ2) is 7.66. The molecule has 0 bridgehead atoms. The number of hydrogen-bond acceptors (Lipinski definition) is 7. The lowest BCUT2D eigenvalue weighted by molar-refractivity contribution is 1.10. The van der Waals surface area contributed by atoms with Crippen LogP contribution in [-0.2, 0) is 0 Å². The fourth-order valence-electron chi connectivity index (χ4n) is 2.08. The smallest absolute Gasteiger partial charge is 0.183 e. The van der Waals surface area contributed by atoms with E-state index in [1.807, 2.05) is 36.7 Å². The van der Waals surface area contributed by atoms with Gasteiger partial charge in [0.05, 0.1) is 5.69 Å². The van der Waals surface area contributed by atoms with Crippen molar-refractivity contribution in [1.82, 2.24) is 15.3 Å². The minimum atomic E-state index is 0.560. The van der Waals surface area contributed by atoms with Gasteiger partial charge < -0.3 is 0 Å². The van der Waals surface area contributed by atoms with Gasteiger partial charge in [0.1, 0.15) is 16.2 Å². The quantitative estimate of drug-likeness (QED) is 0.239. The average molecular weight is 372 g/mol. The van der Waals surface area contributed by atoms with Crippen molar-refractivity contribution in [2.45, 2.75) is 16.8 Å². The van der Waals surface area contributed by atoms with Gasteiger partial charge in [-0.15, -0.1) is 11.3 Å². The minimum absolute atomic E-state index is 0.560. The Bertz CT molecular complexity index is 942. The van der Waals surface area contributed by atoms with Crippen LogP contribution < -0.4 is 5.32 Å². The summed E-state index contributed by atoms with van der Waals surface area (Å²) in [5.41, 5.74) is 1.98. The summed E-state index contributed by atoms with van der Waals surface area (Å²) in [6.07, 6.45) is 5.38. The monoisotopic (exact) mass is 371 g/mol. The second-order valence-electron chi connectivity index (χ2n) is 4.71. The van der Waals surface area contributed by atoms with E-state index in [1.165, 1.54) is 17.3 Å². The van der Waals surface area contributed by atoms with Crippen LogP contribution in [0.25, 0.3) is 10.2 Å². The van der Waals surface area contributed by atoms with Crippen LogP contribution in [0.1, 0.15) is 5.56 Å². The summed E-state index contributed by atoms with van der Waals surface area (Å²) in [4.78, 5) is 15.3. The molecule has 0 aliphatic heterocycles. The number of aliphatic imine (C=N–C) groups is 1. The maximum Gasteiger partial charge on any atom is 0.183 e. The number of aryl methyl sites for hydroxylation is 1. The number of nitrogens with one attached hydrogen (secondary N) is 1. The van der Waals surface area contributed by atoms with Crippen LogP contribution in [0, 0.1) is 18.4 Å². The summed E-state index contributed by atoms with van der Waals surface area (Å²) in [5.74, 6) is 0. The first-order valence-corrected chi connectivity index (χ1v) is 9.88. The molecular weight excluding hydrogens is 358 g/mol. The van der Waals surface area contributed by atoms with Crippen molar-refractivity contribution in [3.63, 3.8) is 0 Å². The molecule has 0 saturated carbocycles. The number of aromatic nitrogens is 2. The molecule has 0 radical (unpaired) electrons. The van der Waals surface area contributed by atoms with Gasteiger partial charge in [-0.1, -0.05) is 35.7 Å². The molecule has 0 unspecified atom stereocenters. The molecule has 0 fully saturated rings. The van der Waals surface area contributed by atoms with Crippen LogP contribution in [0.4, 0.5) is 5.69 Å². The summed E-state index contributed by atoms with van der Waals surface area (Å²) in [7, 11) is 0. The van der Waals surface area contributed by atoms with E-state index in [2.05, 4.69) is 32.6 Å². The molecule has 0 atom stereocenters. The molecule has 8 heteroatoms. The highest BCUT2D eigenvalue weighted by atomic mass is 32.2. The van der Waals surface area contributed by atoms with Crippen molar-refractivity contribution in [1.29, 1.82) is 5.26 Å². The van der Waals surface area contributed by atoms with Crippen LogP contribution in [-0.4, -0.2) is 21.4 Å². The van der Waals surface area contributed by atoms with Gasteiger partial charge in [-0.2, -0.15) is 5.26 Å². The van der Waals surface area contributed by atoms with Crippen molar-refractivity contribution >= 4 is 55.9 Å². The molecule has 2 aromatic heterocycles. The predicted molar refractivity (Wildman–Crippen MR) is 102 cm³/mol. The van der Waals surface area contributed by atoms with Crippen molar-refractivity contribution in [3.8, 4) is 6.19 Å². The van der Waals surface area contributed by atoms with Crippen molar-refractivity contribution < 1.29 is 0 Å². The van der Waals surface area contributed by atoms with E-state index < -0.39 is 0 Å². The van der Waals surface area contributed by atoms with Gasteiger partial charge in [0.15, 0.2) is 11.4 Å². The number of amidine groups is 1. The number of nitriles is 1. The Morgan fingerprint density at radius 2 is 2.17 bits per heavy atom. The molecule has 120 valence electrons. The Labute approximate surface area is 152 Å². The number of thiophene rings is 1. The molecule has 24 heavy (non-hydrogen) atoms.